The van der Waals surface area contributed by atoms with Crippen molar-refractivity contribution in [2.24, 2.45) is 0 Å². The molecule has 3 aromatic carbocycles. The predicted octanol–water partition coefficient (Wildman–Crippen LogP) is 8.24. The lowest BCUT2D eigenvalue weighted by Gasteiger charge is -2.32. The summed E-state index contributed by atoms with van der Waals surface area (Å²) in [5.74, 6) is -11.9. The van der Waals surface area contributed by atoms with Gasteiger partial charge in [-0.2, -0.15) is 30.7 Å². The van der Waals surface area contributed by atoms with E-state index in [4.69, 9.17) is 0 Å². The molecule has 0 aliphatic carbocycles. The van der Waals surface area contributed by atoms with E-state index >= 15 is 8.78 Å². The molecule has 0 heterocycles. The molecule has 0 saturated heterocycles. The Bertz CT molecular complexity index is 1050. The Morgan fingerprint density at radius 3 is 1.42 bits per heavy atom. The molecular formula is C23H14BrF7. The van der Waals surface area contributed by atoms with Crippen LogP contribution in [0.1, 0.15) is 16.7 Å². The Morgan fingerprint density at radius 2 is 0.968 bits per heavy atom. The van der Waals surface area contributed by atoms with Crippen LogP contribution >= 0.6 is 15.9 Å². The third-order valence-electron chi connectivity index (χ3n) is 4.57. The highest BCUT2D eigenvalue weighted by atomic mass is 79.9. The first-order valence-electron chi connectivity index (χ1n) is 8.90. The van der Waals surface area contributed by atoms with Crippen molar-refractivity contribution < 1.29 is 30.7 Å². The van der Waals surface area contributed by atoms with Gasteiger partial charge < -0.3 is 0 Å². The maximum absolute atomic E-state index is 15.2. The van der Waals surface area contributed by atoms with Crippen molar-refractivity contribution in [3.8, 4) is 0 Å². The van der Waals surface area contributed by atoms with Crippen molar-refractivity contribution >= 4 is 27.1 Å². The Kier molecular flexibility index (Phi) is 6.32. The summed E-state index contributed by atoms with van der Waals surface area (Å²) in [6.45, 7) is 0. The van der Waals surface area contributed by atoms with Crippen LogP contribution in [0.5, 0.6) is 0 Å². The number of hydrogen-bond acceptors (Lipinski definition) is 0. The average Bonchev–Trinajstić information content (AvgIpc) is 2.73. The zero-order valence-electron chi connectivity index (χ0n) is 15.6. The predicted molar refractivity (Wildman–Crippen MR) is 109 cm³/mol. The van der Waals surface area contributed by atoms with Crippen LogP contribution in [-0.4, -0.2) is 18.0 Å². The van der Waals surface area contributed by atoms with Gasteiger partial charge in [-0.15, -0.1) is 0 Å². The highest BCUT2D eigenvalue weighted by molar-refractivity contribution is 9.10. The van der Waals surface area contributed by atoms with Gasteiger partial charge in [0.05, 0.1) is 0 Å². The standard InChI is InChI=1S/C23H14BrF7/c24-18-13-11-16(12-14-18)19(15-7-3-1-4-8-15)20(17-9-5-2-6-10-17)21(25,26)22(27,28)23(29,30)31/h1-14H/b20-19+. The zero-order valence-corrected chi connectivity index (χ0v) is 17.2. The molecule has 0 nitrogen and oxygen atoms in total. The van der Waals surface area contributed by atoms with Gasteiger partial charge >= 0.3 is 18.0 Å². The van der Waals surface area contributed by atoms with Gasteiger partial charge in [0.15, 0.2) is 0 Å². The van der Waals surface area contributed by atoms with E-state index in [1.807, 2.05) is 0 Å². The number of allylic oxidation sites excluding steroid dienone is 1. The molecule has 0 radical (unpaired) electrons. The molecule has 0 unspecified atom stereocenters. The second kappa shape index (κ2) is 8.49. The summed E-state index contributed by atoms with van der Waals surface area (Å²) in [5, 5.41) is 0. The number of rotatable bonds is 5. The monoisotopic (exact) mass is 502 g/mol. The van der Waals surface area contributed by atoms with Crippen LogP contribution in [0.2, 0.25) is 0 Å². The van der Waals surface area contributed by atoms with E-state index in [-0.39, 0.29) is 11.1 Å². The van der Waals surface area contributed by atoms with Gasteiger partial charge in [0.2, 0.25) is 0 Å². The van der Waals surface area contributed by atoms with Gasteiger partial charge in [0.1, 0.15) is 0 Å². The molecule has 0 aliphatic heterocycles. The fraction of sp³-hybridized carbons (Fsp3) is 0.130. The number of hydrogen-bond donors (Lipinski definition) is 0. The maximum Gasteiger partial charge on any atom is 0.460 e. The molecule has 31 heavy (non-hydrogen) atoms. The van der Waals surface area contributed by atoms with Crippen LogP contribution in [-0.2, 0) is 0 Å². The molecule has 162 valence electrons. The van der Waals surface area contributed by atoms with Crippen LogP contribution in [0.4, 0.5) is 30.7 Å². The minimum atomic E-state index is -6.46. The van der Waals surface area contributed by atoms with E-state index in [1.165, 1.54) is 66.7 Å². The Labute approximate surface area is 182 Å². The fourth-order valence-corrected chi connectivity index (χ4v) is 3.36. The van der Waals surface area contributed by atoms with E-state index in [1.54, 1.807) is 6.07 Å². The van der Waals surface area contributed by atoms with Gasteiger partial charge in [0, 0.05) is 10.0 Å². The molecule has 3 rings (SSSR count). The molecule has 0 saturated carbocycles. The summed E-state index contributed by atoms with van der Waals surface area (Å²) in [6.07, 6.45) is -6.46. The quantitative estimate of drug-likeness (QED) is 0.243. The third kappa shape index (κ3) is 4.39. The van der Waals surface area contributed by atoms with Gasteiger partial charge in [-0.3, -0.25) is 0 Å². The molecule has 0 aromatic heterocycles. The largest absolute Gasteiger partial charge is 0.460 e. The molecule has 0 bridgehead atoms. The third-order valence-corrected chi connectivity index (χ3v) is 5.10. The van der Waals surface area contributed by atoms with Gasteiger partial charge in [0.25, 0.3) is 0 Å². The van der Waals surface area contributed by atoms with Crippen molar-refractivity contribution in [1.82, 2.24) is 0 Å². The summed E-state index contributed by atoms with van der Waals surface area (Å²) >= 11 is 3.20. The van der Waals surface area contributed by atoms with Crippen molar-refractivity contribution in [2.45, 2.75) is 18.0 Å². The van der Waals surface area contributed by atoms with Crippen molar-refractivity contribution in [3.63, 3.8) is 0 Å². The van der Waals surface area contributed by atoms with Crippen LogP contribution in [0.25, 0.3) is 11.1 Å². The first-order chi connectivity index (χ1) is 14.5. The van der Waals surface area contributed by atoms with E-state index in [9.17, 15) is 22.0 Å². The molecule has 0 atom stereocenters. The fourth-order valence-electron chi connectivity index (χ4n) is 3.10. The van der Waals surface area contributed by atoms with Crippen LogP contribution < -0.4 is 0 Å². The van der Waals surface area contributed by atoms with Crippen LogP contribution in [0, 0.1) is 0 Å². The highest BCUT2D eigenvalue weighted by Gasteiger charge is 2.74. The van der Waals surface area contributed by atoms with Crippen molar-refractivity contribution in [1.29, 1.82) is 0 Å². The summed E-state index contributed by atoms with van der Waals surface area (Å²) in [4.78, 5) is 0. The molecule has 0 aliphatic rings. The van der Waals surface area contributed by atoms with Gasteiger partial charge in [-0.25, -0.2) is 0 Å². The summed E-state index contributed by atoms with van der Waals surface area (Å²) in [6, 6.07) is 19.2. The van der Waals surface area contributed by atoms with E-state index < -0.39 is 34.7 Å². The normalized spacial score (nSPS) is 13.7. The topological polar surface area (TPSA) is 0 Å². The van der Waals surface area contributed by atoms with E-state index in [0.29, 0.717) is 4.47 Å². The molecule has 0 spiro atoms. The lowest BCUT2D eigenvalue weighted by Crippen LogP contribution is -2.52. The van der Waals surface area contributed by atoms with Gasteiger partial charge in [-0.05, 0) is 34.4 Å². The second-order valence-electron chi connectivity index (χ2n) is 6.64. The summed E-state index contributed by atoms with van der Waals surface area (Å²) in [5.41, 5.74) is -2.15. The number of alkyl halides is 7. The first-order valence-corrected chi connectivity index (χ1v) is 9.70. The second-order valence-corrected chi connectivity index (χ2v) is 7.55. The molecular weight excluding hydrogens is 489 g/mol. The lowest BCUT2D eigenvalue weighted by molar-refractivity contribution is -0.338. The van der Waals surface area contributed by atoms with E-state index in [0.717, 1.165) is 12.1 Å². The Balaban J connectivity index is 2.47. The van der Waals surface area contributed by atoms with Crippen molar-refractivity contribution in [2.75, 3.05) is 0 Å². The number of halogens is 8. The maximum atomic E-state index is 15.2. The Hall–Kier alpha value is -2.61. The average molecular weight is 503 g/mol. The SMILES string of the molecule is FC(F)(F)C(F)(F)C(F)(F)/C(=C(\c1ccccc1)c1ccc(Br)cc1)c1ccccc1. The highest BCUT2D eigenvalue weighted by Crippen LogP contribution is 2.54. The number of benzene rings is 3. The summed E-state index contributed by atoms with van der Waals surface area (Å²) < 4.78 is 98.6. The Morgan fingerprint density at radius 1 is 0.548 bits per heavy atom. The first kappa shape index (κ1) is 23.1. The molecule has 0 N–H and O–H groups in total. The van der Waals surface area contributed by atoms with Gasteiger partial charge in [-0.1, -0.05) is 88.7 Å². The molecule has 0 fully saturated rings. The van der Waals surface area contributed by atoms with Crippen molar-refractivity contribution in [3.05, 3.63) is 106 Å². The smallest absolute Gasteiger partial charge is 0.194 e. The zero-order chi connectivity index (χ0) is 22.9. The van der Waals surface area contributed by atoms with Crippen LogP contribution in [0.3, 0.4) is 0 Å². The molecule has 0 amide bonds. The van der Waals surface area contributed by atoms with E-state index in [2.05, 4.69) is 15.9 Å². The minimum Gasteiger partial charge on any atom is -0.194 e. The molecule has 8 heteroatoms. The lowest BCUT2D eigenvalue weighted by atomic mass is 9.84. The molecule has 3 aromatic rings. The summed E-state index contributed by atoms with van der Waals surface area (Å²) in [7, 11) is 0. The van der Waals surface area contributed by atoms with Crippen LogP contribution in [0.15, 0.2) is 89.4 Å². The minimum absolute atomic E-state index is 0.0610.